The Morgan fingerprint density at radius 1 is 1.14 bits per heavy atom. The number of hydrogen-bond acceptors (Lipinski definition) is 7. The van der Waals surface area contributed by atoms with Crippen LogP contribution in [-0.2, 0) is 0 Å². The molecule has 0 amide bonds. The van der Waals surface area contributed by atoms with Gasteiger partial charge in [0.25, 0.3) is 5.88 Å². The Balaban J connectivity index is 1.64. The molecule has 1 fully saturated rings. The summed E-state index contributed by atoms with van der Waals surface area (Å²) in [5.74, 6) is 1.48. The Kier molecular flexibility index (Phi) is 4.71. The molecular weight excluding hydrogens is 298 g/mol. The van der Waals surface area contributed by atoms with Crippen molar-refractivity contribution >= 4 is 22.7 Å². The molecule has 0 radical (unpaired) electrons. The van der Waals surface area contributed by atoms with E-state index >= 15 is 0 Å². The van der Waals surface area contributed by atoms with E-state index in [0.717, 1.165) is 38.5 Å². The lowest BCUT2D eigenvalue weighted by Gasteiger charge is -2.36. The fraction of sp³-hybridized carbons (Fsp3) is 0.667. The quantitative estimate of drug-likeness (QED) is 0.847. The van der Waals surface area contributed by atoms with Gasteiger partial charge in [-0.3, -0.25) is 4.99 Å². The lowest BCUT2D eigenvalue weighted by molar-refractivity contribution is 0.231. The molecule has 0 saturated carbocycles. The number of ether oxygens (including phenoxy) is 1. The number of nitrogens with zero attached hydrogens (tertiary/aromatic N) is 5. The van der Waals surface area contributed by atoms with Gasteiger partial charge in [-0.1, -0.05) is 18.7 Å². The van der Waals surface area contributed by atoms with Crippen molar-refractivity contribution in [2.45, 2.75) is 32.1 Å². The minimum Gasteiger partial charge on any atom is -0.472 e. The number of thioether (sulfide) groups is 1. The summed E-state index contributed by atoms with van der Waals surface area (Å²) >= 11 is 1.89. The molecule has 1 saturated heterocycles. The maximum atomic E-state index is 5.78. The van der Waals surface area contributed by atoms with Gasteiger partial charge in [0, 0.05) is 43.8 Å². The third kappa shape index (κ3) is 3.45. The summed E-state index contributed by atoms with van der Waals surface area (Å²) in [6.07, 6.45) is 3.51. The molecule has 0 N–H and O–H groups in total. The van der Waals surface area contributed by atoms with Crippen LogP contribution in [0.5, 0.6) is 5.88 Å². The minimum atomic E-state index is 0.0995. The van der Waals surface area contributed by atoms with Crippen molar-refractivity contribution in [3.63, 3.8) is 0 Å². The van der Waals surface area contributed by atoms with Gasteiger partial charge in [-0.05, 0) is 13.8 Å². The van der Waals surface area contributed by atoms with E-state index in [-0.39, 0.29) is 6.10 Å². The maximum Gasteiger partial charge on any atom is 0.257 e. The van der Waals surface area contributed by atoms with Crippen molar-refractivity contribution in [2.24, 2.45) is 4.99 Å². The van der Waals surface area contributed by atoms with Gasteiger partial charge < -0.3 is 14.5 Å². The van der Waals surface area contributed by atoms with E-state index in [4.69, 9.17) is 4.74 Å². The lowest BCUT2D eigenvalue weighted by Crippen LogP contribution is -2.48. The summed E-state index contributed by atoms with van der Waals surface area (Å²) in [7, 11) is 0. The lowest BCUT2D eigenvalue weighted by atomic mass is 10.3. The van der Waals surface area contributed by atoms with Gasteiger partial charge in [0.2, 0.25) is 0 Å². The summed E-state index contributed by atoms with van der Waals surface area (Å²) in [5.41, 5.74) is 0. The average molecular weight is 321 g/mol. The van der Waals surface area contributed by atoms with Crippen LogP contribution in [0.15, 0.2) is 17.4 Å². The van der Waals surface area contributed by atoms with Crippen LogP contribution in [0.3, 0.4) is 0 Å². The second-order valence-electron chi connectivity index (χ2n) is 5.88. The van der Waals surface area contributed by atoms with Crippen LogP contribution in [0.25, 0.3) is 0 Å². The first-order valence-corrected chi connectivity index (χ1v) is 8.70. The molecule has 2 aliphatic rings. The molecule has 1 atom stereocenters. The second-order valence-corrected chi connectivity index (χ2v) is 7.28. The van der Waals surface area contributed by atoms with Crippen LogP contribution < -0.4 is 9.64 Å². The van der Waals surface area contributed by atoms with Gasteiger partial charge in [0.15, 0.2) is 11.0 Å². The minimum absolute atomic E-state index is 0.0995. The second kappa shape index (κ2) is 6.73. The Labute approximate surface area is 136 Å². The van der Waals surface area contributed by atoms with Crippen molar-refractivity contribution in [1.82, 2.24) is 14.9 Å². The molecule has 0 bridgehead atoms. The molecule has 3 heterocycles. The van der Waals surface area contributed by atoms with Crippen LogP contribution in [0.1, 0.15) is 20.8 Å². The number of piperazine rings is 1. The number of anilines is 1. The van der Waals surface area contributed by atoms with Crippen molar-refractivity contribution in [3.05, 3.63) is 12.4 Å². The van der Waals surface area contributed by atoms with Gasteiger partial charge >= 0.3 is 0 Å². The highest BCUT2D eigenvalue weighted by atomic mass is 32.2. The Hall–Kier alpha value is -1.50. The first-order chi connectivity index (χ1) is 10.6. The molecule has 6 nitrogen and oxygen atoms in total. The predicted molar refractivity (Wildman–Crippen MR) is 90.9 cm³/mol. The van der Waals surface area contributed by atoms with E-state index in [2.05, 4.69) is 31.7 Å². The van der Waals surface area contributed by atoms with Crippen molar-refractivity contribution in [1.29, 1.82) is 0 Å². The highest BCUT2D eigenvalue weighted by molar-refractivity contribution is 8.14. The molecule has 1 unspecified atom stereocenters. The van der Waals surface area contributed by atoms with Crippen LogP contribution in [0, 0.1) is 0 Å². The highest BCUT2D eigenvalue weighted by Crippen LogP contribution is 2.27. The fourth-order valence-corrected chi connectivity index (χ4v) is 3.58. The fourth-order valence-electron chi connectivity index (χ4n) is 2.59. The molecule has 3 rings (SSSR count). The third-order valence-electron chi connectivity index (χ3n) is 3.63. The summed E-state index contributed by atoms with van der Waals surface area (Å²) in [4.78, 5) is 18.1. The van der Waals surface area contributed by atoms with E-state index in [1.807, 2.05) is 25.6 Å². The SMILES string of the molecule is CC(C)Oc1nccnc1N1CCN(C2=NCC(C)S2)CC1. The first-order valence-electron chi connectivity index (χ1n) is 7.82. The molecule has 1 aromatic rings. The Morgan fingerprint density at radius 2 is 1.82 bits per heavy atom. The van der Waals surface area contributed by atoms with Crippen molar-refractivity contribution in [3.8, 4) is 5.88 Å². The smallest absolute Gasteiger partial charge is 0.257 e. The molecule has 1 aromatic heterocycles. The maximum absolute atomic E-state index is 5.78. The molecule has 0 aliphatic carbocycles. The number of aliphatic imine (C=N–C) groups is 1. The summed E-state index contributed by atoms with van der Waals surface area (Å²) in [6.45, 7) is 11.0. The molecular formula is C15H23N5OS. The summed E-state index contributed by atoms with van der Waals surface area (Å²) < 4.78 is 5.78. The highest BCUT2D eigenvalue weighted by Gasteiger charge is 2.26. The Bertz CT molecular complexity index is 542. The number of rotatable bonds is 3. The van der Waals surface area contributed by atoms with Crippen LogP contribution in [0.4, 0.5) is 5.82 Å². The Morgan fingerprint density at radius 3 is 2.45 bits per heavy atom. The van der Waals surface area contributed by atoms with Crippen LogP contribution in [0.2, 0.25) is 0 Å². The third-order valence-corrected chi connectivity index (χ3v) is 4.78. The first kappa shape index (κ1) is 15.4. The van der Waals surface area contributed by atoms with Gasteiger partial charge in [0.05, 0.1) is 12.6 Å². The van der Waals surface area contributed by atoms with Gasteiger partial charge in [-0.2, -0.15) is 0 Å². The molecule has 7 heteroatoms. The zero-order chi connectivity index (χ0) is 15.5. The summed E-state index contributed by atoms with van der Waals surface area (Å²) in [6, 6.07) is 0. The zero-order valence-electron chi connectivity index (χ0n) is 13.4. The molecule has 120 valence electrons. The van der Waals surface area contributed by atoms with Gasteiger partial charge in [-0.15, -0.1) is 0 Å². The van der Waals surface area contributed by atoms with Crippen molar-refractivity contribution in [2.75, 3.05) is 37.6 Å². The predicted octanol–water partition coefficient (Wildman–Crippen LogP) is 1.88. The standard InChI is InChI=1S/C15H23N5OS/c1-11(2)21-14-13(16-4-5-17-14)19-6-8-20(9-7-19)15-18-10-12(3)22-15/h4-5,11-12H,6-10H2,1-3H3. The molecule has 0 aromatic carbocycles. The van der Waals surface area contributed by atoms with E-state index in [1.165, 1.54) is 5.17 Å². The number of amidine groups is 1. The number of hydrogen-bond donors (Lipinski definition) is 0. The average Bonchev–Trinajstić information content (AvgIpc) is 2.94. The topological polar surface area (TPSA) is 53.9 Å². The van der Waals surface area contributed by atoms with E-state index in [1.54, 1.807) is 12.4 Å². The van der Waals surface area contributed by atoms with Crippen molar-refractivity contribution < 1.29 is 4.74 Å². The normalized spacial score (nSPS) is 22.2. The van der Waals surface area contributed by atoms with Gasteiger partial charge in [0.1, 0.15) is 0 Å². The summed E-state index contributed by atoms with van der Waals surface area (Å²) in [5, 5.41) is 1.81. The van der Waals surface area contributed by atoms with Crippen LogP contribution >= 0.6 is 11.8 Å². The number of aromatic nitrogens is 2. The van der Waals surface area contributed by atoms with Gasteiger partial charge in [-0.25, -0.2) is 9.97 Å². The monoisotopic (exact) mass is 321 g/mol. The molecule has 2 aliphatic heterocycles. The molecule has 0 spiro atoms. The van der Waals surface area contributed by atoms with E-state index < -0.39 is 0 Å². The largest absolute Gasteiger partial charge is 0.472 e. The van der Waals surface area contributed by atoms with Crippen LogP contribution in [-0.4, -0.2) is 64.1 Å². The zero-order valence-corrected chi connectivity index (χ0v) is 14.2. The van der Waals surface area contributed by atoms with E-state index in [0.29, 0.717) is 11.1 Å². The molecule has 22 heavy (non-hydrogen) atoms. The van der Waals surface area contributed by atoms with E-state index in [9.17, 15) is 0 Å².